The standard InChI is InChI=1S/C10H19NO3S/c1-2-9-15(13,14)11(7-8-12)10-5-3-4-6-10/h2,10,12H,1,3-9H2. The molecule has 0 aliphatic heterocycles. The van der Waals surface area contributed by atoms with Crippen molar-refractivity contribution in [3.8, 4) is 0 Å². The molecule has 0 aromatic heterocycles. The van der Waals surface area contributed by atoms with E-state index in [2.05, 4.69) is 6.58 Å². The first-order valence-electron chi connectivity index (χ1n) is 5.33. The van der Waals surface area contributed by atoms with Gasteiger partial charge in [0.25, 0.3) is 0 Å². The highest BCUT2D eigenvalue weighted by Crippen LogP contribution is 2.25. The first kappa shape index (κ1) is 12.7. The molecule has 0 radical (unpaired) electrons. The van der Waals surface area contributed by atoms with E-state index in [0.717, 1.165) is 25.7 Å². The van der Waals surface area contributed by atoms with Crippen LogP contribution in [-0.4, -0.2) is 42.8 Å². The van der Waals surface area contributed by atoms with Gasteiger partial charge < -0.3 is 5.11 Å². The van der Waals surface area contributed by atoms with Crippen molar-refractivity contribution in [1.82, 2.24) is 4.31 Å². The molecule has 0 amide bonds. The Morgan fingerprint density at radius 3 is 2.47 bits per heavy atom. The summed E-state index contributed by atoms with van der Waals surface area (Å²) in [7, 11) is -3.26. The van der Waals surface area contributed by atoms with E-state index in [0.29, 0.717) is 0 Å². The van der Waals surface area contributed by atoms with Gasteiger partial charge in [-0.25, -0.2) is 8.42 Å². The second-order valence-electron chi connectivity index (χ2n) is 3.84. The Kier molecular flexibility index (Phi) is 4.76. The van der Waals surface area contributed by atoms with Crippen LogP contribution in [0.1, 0.15) is 25.7 Å². The maximum absolute atomic E-state index is 11.9. The average molecular weight is 233 g/mol. The van der Waals surface area contributed by atoms with Crippen LogP contribution in [0.15, 0.2) is 12.7 Å². The summed E-state index contributed by atoms with van der Waals surface area (Å²) in [5.41, 5.74) is 0. The van der Waals surface area contributed by atoms with Crippen LogP contribution in [-0.2, 0) is 10.0 Å². The van der Waals surface area contributed by atoms with Crippen LogP contribution in [0.25, 0.3) is 0 Å². The number of nitrogens with zero attached hydrogens (tertiary/aromatic N) is 1. The van der Waals surface area contributed by atoms with E-state index in [4.69, 9.17) is 5.11 Å². The van der Waals surface area contributed by atoms with Crippen LogP contribution in [0, 0.1) is 0 Å². The molecule has 15 heavy (non-hydrogen) atoms. The van der Waals surface area contributed by atoms with Crippen LogP contribution in [0.4, 0.5) is 0 Å². The van der Waals surface area contributed by atoms with E-state index in [1.54, 1.807) is 0 Å². The SMILES string of the molecule is C=CCS(=O)(=O)N(CCO)C1CCCC1. The van der Waals surface area contributed by atoms with Crippen molar-refractivity contribution in [3.05, 3.63) is 12.7 Å². The molecule has 5 heteroatoms. The number of aliphatic hydroxyl groups is 1. The zero-order valence-corrected chi connectivity index (χ0v) is 9.75. The van der Waals surface area contributed by atoms with Crippen LogP contribution in [0.5, 0.6) is 0 Å². The maximum Gasteiger partial charge on any atom is 0.217 e. The highest BCUT2D eigenvalue weighted by atomic mass is 32.2. The number of aliphatic hydroxyl groups excluding tert-OH is 1. The molecule has 0 spiro atoms. The molecule has 1 fully saturated rings. The fourth-order valence-electron chi connectivity index (χ4n) is 2.08. The van der Waals surface area contributed by atoms with E-state index in [1.165, 1.54) is 10.4 Å². The summed E-state index contributed by atoms with van der Waals surface area (Å²) in [6.07, 6.45) is 5.38. The van der Waals surface area contributed by atoms with Crippen molar-refractivity contribution in [3.63, 3.8) is 0 Å². The summed E-state index contributed by atoms with van der Waals surface area (Å²) in [5.74, 6) is -0.0382. The van der Waals surface area contributed by atoms with Crippen molar-refractivity contribution in [2.24, 2.45) is 0 Å². The van der Waals surface area contributed by atoms with Crippen molar-refractivity contribution in [1.29, 1.82) is 0 Å². The number of rotatable bonds is 6. The third-order valence-electron chi connectivity index (χ3n) is 2.74. The van der Waals surface area contributed by atoms with Crippen molar-refractivity contribution in [2.75, 3.05) is 18.9 Å². The highest BCUT2D eigenvalue weighted by Gasteiger charge is 2.30. The minimum absolute atomic E-state index is 0.0382. The Morgan fingerprint density at radius 2 is 2.00 bits per heavy atom. The minimum atomic E-state index is -3.26. The van der Waals surface area contributed by atoms with Gasteiger partial charge >= 0.3 is 0 Å². The fourth-order valence-corrected chi connectivity index (χ4v) is 3.60. The van der Waals surface area contributed by atoms with Gasteiger partial charge in [-0.05, 0) is 12.8 Å². The van der Waals surface area contributed by atoms with Crippen molar-refractivity contribution >= 4 is 10.0 Å². The summed E-state index contributed by atoms with van der Waals surface area (Å²) >= 11 is 0. The monoisotopic (exact) mass is 233 g/mol. The van der Waals surface area contributed by atoms with Gasteiger partial charge in [0.05, 0.1) is 12.4 Å². The van der Waals surface area contributed by atoms with E-state index < -0.39 is 10.0 Å². The van der Waals surface area contributed by atoms with Gasteiger partial charge in [-0.1, -0.05) is 18.9 Å². The molecule has 0 aromatic rings. The highest BCUT2D eigenvalue weighted by molar-refractivity contribution is 7.89. The van der Waals surface area contributed by atoms with Crippen molar-refractivity contribution < 1.29 is 13.5 Å². The summed E-state index contributed by atoms with van der Waals surface area (Å²) < 4.78 is 25.1. The molecule has 0 atom stereocenters. The average Bonchev–Trinajstić information content (AvgIpc) is 2.66. The smallest absolute Gasteiger partial charge is 0.217 e. The quantitative estimate of drug-likeness (QED) is 0.688. The normalized spacial score (nSPS) is 18.5. The predicted molar refractivity (Wildman–Crippen MR) is 60.0 cm³/mol. The number of sulfonamides is 1. The maximum atomic E-state index is 11.9. The molecule has 0 unspecified atom stereocenters. The van der Waals surface area contributed by atoms with E-state index in [-0.39, 0.29) is 24.9 Å². The van der Waals surface area contributed by atoms with Gasteiger partial charge in [0, 0.05) is 12.6 Å². The third-order valence-corrected chi connectivity index (χ3v) is 4.59. The van der Waals surface area contributed by atoms with Crippen LogP contribution >= 0.6 is 0 Å². The van der Waals surface area contributed by atoms with Crippen molar-refractivity contribution in [2.45, 2.75) is 31.7 Å². The van der Waals surface area contributed by atoms with Gasteiger partial charge in [0.1, 0.15) is 0 Å². The van der Waals surface area contributed by atoms with Gasteiger partial charge in [-0.2, -0.15) is 4.31 Å². The Hall–Kier alpha value is -0.390. The Bertz CT molecular complexity index is 294. The summed E-state index contributed by atoms with van der Waals surface area (Å²) in [5, 5.41) is 8.90. The topological polar surface area (TPSA) is 57.6 Å². The summed E-state index contributed by atoms with van der Waals surface area (Å²) in [4.78, 5) is 0. The van der Waals surface area contributed by atoms with Crippen LogP contribution in [0.3, 0.4) is 0 Å². The molecule has 0 saturated heterocycles. The lowest BCUT2D eigenvalue weighted by Crippen LogP contribution is -2.41. The zero-order chi connectivity index (χ0) is 11.3. The molecule has 1 aliphatic rings. The molecule has 1 rings (SSSR count). The lowest BCUT2D eigenvalue weighted by atomic mass is 10.2. The zero-order valence-electron chi connectivity index (χ0n) is 8.93. The molecular formula is C10H19NO3S. The molecule has 4 nitrogen and oxygen atoms in total. The van der Waals surface area contributed by atoms with Gasteiger partial charge in [-0.3, -0.25) is 0 Å². The number of hydrogen-bond acceptors (Lipinski definition) is 3. The lowest BCUT2D eigenvalue weighted by molar-refractivity contribution is 0.227. The van der Waals surface area contributed by atoms with Gasteiger partial charge in [0.15, 0.2) is 0 Å². The predicted octanol–water partition coefficient (Wildman–Crippen LogP) is 0.739. The third kappa shape index (κ3) is 3.29. The van der Waals surface area contributed by atoms with E-state index in [1.807, 2.05) is 0 Å². The van der Waals surface area contributed by atoms with Gasteiger partial charge in [0.2, 0.25) is 10.0 Å². The molecule has 1 saturated carbocycles. The second-order valence-corrected chi connectivity index (χ2v) is 5.81. The number of hydrogen-bond donors (Lipinski definition) is 1. The molecule has 1 aliphatic carbocycles. The lowest BCUT2D eigenvalue weighted by Gasteiger charge is -2.26. The molecule has 0 bridgehead atoms. The Balaban J connectivity index is 2.75. The van der Waals surface area contributed by atoms with E-state index in [9.17, 15) is 8.42 Å². The summed E-state index contributed by atoms with van der Waals surface area (Å²) in [6.45, 7) is 3.54. The first-order chi connectivity index (χ1) is 7.11. The van der Waals surface area contributed by atoms with E-state index >= 15 is 0 Å². The largest absolute Gasteiger partial charge is 0.395 e. The van der Waals surface area contributed by atoms with Gasteiger partial charge in [-0.15, -0.1) is 6.58 Å². The molecule has 0 heterocycles. The Morgan fingerprint density at radius 1 is 1.40 bits per heavy atom. The fraction of sp³-hybridized carbons (Fsp3) is 0.800. The second kappa shape index (κ2) is 5.63. The first-order valence-corrected chi connectivity index (χ1v) is 6.94. The van der Waals surface area contributed by atoms with Crippen LogP contribution < -0.4 is 0 Å². The molecule has 1 N–H and O–H groups in total. The summed E-state index contributed by atoms with van der Waals surface area (Å²) in [6, 6.07) is 0.0853. The molecule has 88 valence electrons. The Labute approximate surface area is 91.6 Å². The molecule has 0 aromatic carbocycles. The van der Waals surface area contributed by atoms with Crippen LogP contribution in [0.2, 0.25) is 0 Å². The minimum Gasteiger partial charge on any atom is -0.395 e. The molecular weight excluding hydrogens is 214 g/mol.